The molecular formula is C18H12Cl2N2O4. The van der Waals surface area contributed by atoms with E-state index in [9.17, 15) is 14.9 Å². The van der Waals surface area contributed by atoms with Crippen molar-refractivity contribution in [3.05, 3.63) is 63.6 Å². The van der Waals surface area contributed by atoms with Crippen LogP contribution < -0.4 is 10.1 Å². The summed E-state index contributed by atoms with van der Waals surface area (Å²) >= 11 is 11.7. The topological polar surface area (TPSA) is 99.4 Å². The second-order valence-electron chi connectivity index (χ2n) is 5.01. The van der Waals surface area contributed by atoms with Crippen LogP contribution >= 0.6 is 23.2 Å². The van der Waals surface area contributed by atoms with E-state index in [1.165, 1.54) is 24.3 Å². The van der Waals surface area contributed by atoms with Gasteiger partial charge in [0.2, 0.25) is 0 Å². The second kappa shape index (κ2) is 8.90. The number of ether oxygens (including phenoxy) is 1. The molecular weight excluding hydrogens is 379 g/mol. The van der Waals surface area contributed by atoms with Crippen LogP contribution in [0.4, 0.5) is 5.69 Å². The molecule has 26 heavy (non-hydrogen) atoms. The molecule has 0 bridgehead atoms. The average molecular weight is 391 g/mol. The molecule has 0 spiro atoms. The molecule has 0 atom stereocenters. The number of hydrogen-bond acceptors (Lipinski definition) is 4. The minimum Gasteiger partial charge on any atom is -0.482 e. The number of nitriles is 1. The zero-order valence-electron chi connectivity index (χ0n) is 13.2. The highest BCUT2D eigenvalue weighted by Crippen LogP contribution is 2.25. The third kappa shape index (κ3) is 5.52. The lowest BCUT2D eigenvalue weighted by molar-refractivity contribution is -0.139. The molecule has 2 aromatic rings. The van der Waals surface area contributed by atoms with Crippen LogP contribution in [-0.2, 0) is 9.59 Å². The van der Waals surface area contributed by atoms with Crippen LogP contribution in [0.3, 0.4) is 0 Å². The number of halogens is 2. The Hall–Kier alpha value is -3.01. The van der Waals surface area contributed by atoms with E-state index in [0.29, 0.717) is 22.0 Å². The first kappa shape index (κ1) is 19.3. The van der Waals surface area contributed by atoms with E-state index < -0.39 is 18.5 Å². The number of benzene rings is 2. The molecule has 0 aromatic heterocycles. The van der Waals surface area contributed by atoms with Crippen LogP contribution in [0.2, 0.25) is 10.0 Å². The third-order valence-electron chi connectivity index (χ3n) is 3.07. The summed E-state index contributed by atoms with van der Waals surface area (Å²) < 4.78 is 5.06. The molecule has 6 nitrogen and oxygen atoms in total. The highest BCUT2D eigenvalue weighted by atomic mass is 35.5. The van der Waals surface area contributed by atoms with Crippen LogP contribution in [0.5, 0.6) is 5.75 Å². The highest BCUT2D eigenvalue weighted by molar-refractivity contribution is 6.42. The Bertz CT molecular complexity index is 920. The molecule has 0 saturated carbocycles. The molecule has 0 saturated heterocycles. The van der Waals surface area contributed by atoms with Gasteiger partial charge in [-0.15, -0.1) is 0 Å². The Morgan fingerprint density at radius 2 is 1.96 bits per heavy atom. The van der Waals surface area contributed by atoms with Gasteiger partial charge in [-0.25, -0.2) is 4.79 Å². The van der Waals surface area contributed by atoms with Crippen molar-refractivity contribution in [2.75, 3.05) is 11.9 Å². The van der Waals surface area contributed by atoms with Gasteiger partial charge in [0.15, 0.2) is 6.61 Å². The number of amides is 1. The van der Waals surface area contributed by atoms with Crippen molar-refractivity contribution in [2.24, 2.45) is 0 Å². The molecule has 0 aliphatic carbocycles. The Balaban J connectivity index is 2.17. The first-order chi connectivity index (χ1) is 12.4. The zero-order chi connectivity index (χ0) is 19.1. The van der Waals surface area contributed by atoms with Crippen molar-refractivity contribution in [3.8, 4) is 11.8 Å². The van der Waals surface area contributed by atoms with Crippen LogP contribution in [0.1, 0.15) is 5.56 Å². The normalized spacial score (nSPS) is 10.7. The predicted molar refractivity (Wildman–Crippen MR) is 98.3 cm³/mol. The van der Waals surface area contributed by atoms with E-state index in [1.807, 2.05) is 6.07 Å². The number of carbonyl (C=O) groups excluding carboxylic acids is 1. The summed E-state index contributed by atoms with van der Waals surface area (Å²) in [6.45, 7) is -0.490. The Morgan fingerprint density at radius 1 is 1.19 bits per heavy atom. The van der Waals surface area contributed by atoms with E-state index in [1.54, 1.807) is 24.3 Å². The standard InChI is InChI=1S/C18H12Cl2N2O4/c19-15-5-4-13(8-16(15)20)22-18(25)12(9-21)6-11-2-1-3-14(7-11)26-10-17(23)24/h1-8H,10H2,(H,22,25)(H,23,24)/b12-6+. The highest BCUT2D eigenvalue weighted by Gasteiger charge is 2.11. The predicted octanol–water partition coefficient (Wildman–Crippen LogP) is 4.00. The summed E-state index contributed by atoms with van der Waals surface area (Å²) in [6, 6.07) is 12.7. The number of aliphatic carboxylic acids is 1. The molecule has 0 aliphatic rings. The van der Waals surface area contributed by atoms with E-state index in [2.05, 4.69) is 5.32 Å². The average Bonchev–Trinajstić information content (AvgIpc) is 2.61. The lowest BCUT2D eigenvalue weighted by Crippen LogP contribution is -2.13. The number of carboxylic acid groups (broad SMARTS) is 1. The van der Waals surface area contributed by atoms with Gasteiger partial charge in [0, 0.05) is 5.69 Å². The molecule has 2 rings (SSSR count). The quantitative estimate of drug-likeness (QED) is 0.573. The molecule has 0 aliphatic heterocycles. The molecule has 0 heterocycles. The maximum absolute atomic E-state index is 12.3. The van der Waals surface area contributed by atoms with Crippen LogP contribution in [0.15, 0.2) is 48.0 Å². The smallest absolute Gasteiger partial charge is 0.341 e. The van der Waals surface area contributed by atoms with E-state index in [-0.39, 0.29) is 10.6 Å². The number of carbonyl (C=O) groups is 2. The van der Waals surface area contributed by atoms with E-state index in [0.717, 1.165) is 0 Å². The van der Waals surface area contributed by atoms with Crippen molar-refractivity contribution in [1.29, 1.82) is 5.26 Å². The Morgan fingerprint density at radius 3 is 2.62 bits per heavy atom. The van der Waals surface area contributed by atoms with Crippen LogP contribution in [-0.4, -0.2) is 23.6 Å². The van der Waals surface area contributed by atoms with Crippen molar-refractivity contribution in [1.82, 2.24) is 0 Å². The van der Waals surface area contributed by atoms with Crippen LogP contribution in [0, 0.1) is 11.3 Å². The molecule has 2 N–H and O–H groups in total. The summed E-state index contributed by atoms with van der Waals surface area (Å²) in [5, 5.41) is 21.0. The lowest BCUT2D eigenvalue weighted by Gasteiger charge is -2.06. The molecule has 1 amide bonds. The number of rotatable bonds is 6. The molecule has 132 valence electrons. The van der Waals surface area contributed by atoms with Crippen molar-refractivity contribution < 1.29 is 19.4 Å². The summed E-state index contributed by atoms with van der Waals surface area (Å²) in [7, 11) is 0. The first-order valence-corrected chi connectivity index (χ1v) is 7.97. The van der Waals surface area contributed by atoms with Gasteiger partial charge in [-0.3, -0.25) is 4.79 Å². The number of carboxylic acids is 1. The summed E-state index contributed by atoms with van der Waals surface area (Å²) in [5.41, 5.74) is 0.754. The fraction of sp³-hybridized carbons (Fsp3) is 0.0556. The number of nitrogens with zero attached hydrogens (tertiary/aromatic N) is 1. The maximum Gasteiger partial charge on any atom is 0.341 e. The number of anilines is 1. The van der Waals surface area contributed by atoms with Gasteiger partial charge in [-0.05, 0) is 42.0 Å². The summed E-state index contributed by atoms with van der Waals surface area (Å²) in [6.07, 6.45) is 1.36. The van der Waals surface area contributed by atoms with Crippen molar-refractivity contribution in [2.45, 2.75) is 0 Å². The van der Waals surface area contributed by atoms with Gasteiger partial charge in [-0.1, -0.05) is 35.3 Å². The molecule has 8 heteroatoms. The van der Waals surface area contributed by atoms with E-state index >= 15 is 0 Å². The molecule has 0 fully saturated rings. The monoisotopic (exact) mass is 390 g/mol. The third-order valence-corrected chi connectivity index (χ3v) is 3.81. The van der Waals surface area contributed by atoms with Gasteiger partial charge in [0.25, 0.3) is 5.91 Å². The second-order valence-corrected chi connectivity index (χ2v) is 5.82. The van der Waals surface area contributed by atoms with Crippen LogP contribution in [0.25, 0.3) is 6.08 Å². The summed E-state index contributed by atoms with van der Waals surface area (Å²) in [4.78, 5) is 22.8. The largest absolute Gasteiger partial charge is 0.482 e. The minimum atomic E-state index is -1.11. The fourth-order valence-corrected chi connectivity index (χ4v) is 2.22. The number of nitrogens with one attached hydrogen (secondary N) is 1. The van der Waals surface area contributed by atoms with Gasteiger partial charge in [0.05, 0.1) is 10.0 Å². The van der Waals surface area contributed by atoms with Crippen molar-refractivity contribution in [3.63, 3.8) is 0 Å². The Labute approximate surface area is 159 Å². The number of hydrogen-bond donors (Lipinski definition) is 2. The fourth-order valence-electron chi connectivity index (χ4n) is 1.93. The van der Waals surface area contributed by atoms with Crippen molar-refractivity contribution >= 4 is 46.8 Å². The van der Waals surface area contributed by atoms with E-state index in [4.69, 9.17) is 33.0 Å². The van der Waals surface area contributed by atoms with Gasteiger partial charge in [0.1, 0.15) is 17.4 Å². The lowest BCUT2D eigenvalue weighted by atomic mass is 10.1. The van der Waals surface area contributed by atoms with Gasteiger partial charge < -0.3 is 15.2 Å². The maximum atomic E-state index is 12.3. The Kier molecular flexibility index (Phi) is 6.61. The first-order valence-electron chi connectivity index (χ1n) is 7.22. The minimum absolute atomic E-state index is 0.147. The summed E-state index contributed by atoms with van der Waals surface area (Å²) in [5.74, 6) is -1.42. The molecule has 0 unspecified atom stereocenters. The van der Waals surface area contributed by atoms with Gasteiger partial charge >= 0.3 is 5.97 Å². The zero-order valence-corrected chi connectivity index (χ0v) is 14.7. The van der Waals surface area contributed by atoms with Gasteiger partial charge in [-0.2, -0.15) is 5.26 Å². The SMILES string of the molecule is N#C/C(=C\c1cccc(OCC(=O)O)c1)C(=O)Nc1ccc(Cl)c(Cl)c1. The molecule has 0 radical (unpaired) electrons. The molecule has 2 aromatic carbocycles.